The van der Waals surface area contributed by atoms with Crippen molar-refractivity contribution >= 4 is 22.6 Å². The van der Waals surface area contributed by atoms with Gasteiger partial charge in [0.05, 0.1) is 0 Å². The first-order valence-corrected chi connectivity index (χ1v) is 10.1. The average Bonchev–Trinajstić information content (AvgIpc) is 2.92. The molecule has 5 heteroatoms. The first-order valence-electron chi connectivity index (χ1n) is 10.1. The molecule has 0 N–H and O–H groups in total. The van der Waals surface area contributed by atoms with Crippen molar-refractivity contribution in [3.63, 3.8) is 0 Å². The van der Waals surface area contributed by atoms with Crippen LogP contribution in [0.25, 0.3) is 10.8 Å². The van der Waals surface area contributed by atoms with Crippen LogP contribution in [0.5, 0.6) is 0 Å². The highest BCUT2D eigenvalue weighted by Crippen LogP contribution is 2.23. The Bertz CT molecular complexity index is 1010. The largest absolute Gasteiger partial charge is 0.336 e. The monoisotopic (exact) mass is 387 g/mol. The predicted molar refractivity (Wildman–Crippen MR) is 113 cm³/mol. The molecule has 0 aliphatic carbocycles. The average molecular weight is 387 g/mol. The van der Waals surface area contributed by atoms with Crippen LogP contribution in [0, 0.1) is 0 Å². The molecule has 1 fully saturated rings. The zero-order valence-corrected chi connectivity index (χ0v) is 16.6. The summed E-state index contributed by atoms with van der Waals surface area (Å²) in [6.07, 6.45) is 4.64. The zero-order chi connectivity index (χ0) is 20.2. The second kappa shape index (κ2) is 8.43. The number of carbonyl (C=O) groups is 2. The third kappa shape index (κ3) is 3.99. The predicted octanol–water partition coefficient (Wildman–Crippen LogP) is 3.89. The number of carbonyl (C=O) groups excluding carboxylic acids is 2. The maximum absolute atomic E-state index is 13.4. The Hall–Kier alpha value is -3.21. The topological polar surface area (TPSA) is 53.5 Å². The summed E-state index contributed by atoms with van der Waals surface area (Å²) in [6, 6.07) is 17.6. The molecule has 29 heavy (non-hydrogen) atoms. The van der Waals surface area contributed by atoms with Crippen LogP contribution in [-0.4, -0.2) is 45.7 Å². The molecule has 5 nitrogen and oxygen atoms in total. The van der Waals surface area contributed by atoms with E-state index in [-0.39, 0.29) is 17.9 Å². The summed E-state index contributed by atoms with van der Waals surface area (Å²) < 4.78 is 0. The molecule has 2 aromatic carbocycles. The Morgan fingerprint density at radius 1 is 1.10 bits per heavy atom. The maximum atomic E-state index is 13.4. The molecule has 2 heterocycles. The van der Waals surface area contributed by atoms with Gasteiger partial charge in [0.2, 0.25) is 5.91 Å². The number of hydrogen-bond donors (Lipinski definition) is 0. The highest BCUT2D eigenvalue weighted by Gasteiger charge is 2.31. The number of pyridine rings is 1. The standard InChI is InChI=1S/C24H25N3O2/c1-2-20-17-26(14-12-23(28)27(20)16-18-7-4-3-5-8-18)24(29)22-10-6-9-19-15-25-13-11-21(19)22/h3-11,13,15,20H,2,12,14,16-17H2,1H3/t20-/m0/s1. The molecule has 0 radical (unpaired) electrons. The lowest BCUT2D eigenvalue weighted by molar-refractivity contribution is -0.133. The minimum Gasteiger partial charge on any atom is -0.336 e. The van der Waals surface area contributed by atoms with Gasteiger partial charge in [-0.2, -0.15) is 0 Å². The van der Waals surface area contributed by atoms with E-state index in [1.165, 1.54) is 0 Å². The van der Waals surface area contributed by atoms with Crippen molar-refractivity contribution in [3.8, 4) is 0 Å². The van der Waals surface area contributed by atoms with E-state index in [1.807, 2.05) is 64.4 Å². The lowest BCUT2D eigenvalue weighted by atomic mass is 10.0. The SMILES string of the molecule is CC[C@H]1CN(C(=O)c2cccc3cnccc23)CCC(=O)N1Cc1ccccc1. The molecule has 1 aliphatic heterocycles. The van der Waals surface area contributed by atoms with Gasteiger partial charge in [0.25, 0.3) is 5.91 Å². The molecule has 1 aromatic heterocycles. The van der Waals surface area contributed by atoms with Crippen LogP contribution >= 0.6 is 0 Å². The number of amides is 2. The van der Waals surface area contributed by atoms with Gasteiger partial charge in [-0.1, -0.05) is 49.4 Å². The molecule has 0 spiro atoms. The molecule has 0 unspecified atom stereocenters. The quantitative estimate of drug-likeness (QED) is 0.682. The second-order valence-electron chi connectivity index (χ2n) is 7.47. The van der Waals surface area contributed by atoms with Gasteiger partial charge in [0.15, 0.2) is 0 Å². The van der Waals surface area contributed by atoms with Gasteiger partial charge in [-0.25, -0.2) is 0 Å². The molecule has 148 valence electrons. The van der Waals surface area contributed by atoms with Crippen molar-refractivity contribution in [2.75, 3.05) is 13.1 Å². The lowest BCUT2D eigenvalue weighted by Crippen LogP contribution is -2.43. The molecular weight excluding hydrogens is 362 g/mol. The summed E-state index contributed by atoms with van der Waals surface area (Å²) in [6.45, 7) is 3.66. The Balaban J connectivity index is 1.59. The highest BCUT2D eigenvalue weighted by molar-refractivity contribution is 6.07. The number of hydrogen-bond acceptors (Lipinski definition) is 3. The lowest BCUT2D eigenvalue weighted by Gasteiger charge is -2.31. The Kier molecular flexibility index (Phi) is 5.56. The van der Waals surface area contributed by atoms with Crippen molar-refractivity contribution in [2.24, 2.45) is 0 Å². The summed E-state index contributed by atoms with van der Waals surface area (Å²) in [5, 5.41) is 1.85. The summed E-state index contributed by atoms with van der Waals surface area (Å²) in [5.41, 5.74) is 1.78. The van der Waals surface area contributed by atoms with Crippen molar-refractivity contribution in [2.45, 2.75) is 32.4 Å². The first-order chi connectivity index (χ1) is 14.2. The molecule has 1 atom stereocenters. The molecule has 3 aromatic rings. The van der Waals surface area contributed by atoms with Gasteiger partial charge < -0.3 is 9.80 Å². The Morgan fingerprint density at radius 2 is 1.93 bits per heavy atom. The van der Waals surface area contributed by atoms with E-state index in [4.69, 9.17) is 0 Å². The van der Waals surface area contributed by atoms with Crippen molar-refractivity contribution < 1.29 is 9.59 Å². The molecule has 1 saturated heterocycles. The second-order valence-corrected chi connectivity index (χ2v) is 7.47. The van der Waals surface area contributed by atoms with E-state index in [2.05, 4.69) is 11.9 Å². The number of benzene rings is 2. The first kappa shape index (κ1) is 19.1. The minimum atomic E-state index is -0.0189. The van der Waals surface area contributed by atoms with E-state index in [0.29, 0.717) is 31.6 Å². The normalized spacial score (nSPS) is 17.4. The fraction of sp³-hybridized carbons (Fsp3) is 0.292. The van der Waals surface area contributed by atoms with Crippen molar-refractivity contribution in [3.05, 3.63) is 78.1 Å². The summed E-state index contributed by atoms with van der Waals surface area (Å²) >= 11 is 0. The van der Waals surface area contributed by atoms with Gasteiger partial charge in [-0.05, 0) is 29.5 Å². The van der Waals surface area contributed by atoms with Gasteiger partial charge >= 0.3 is 0 Å². The van der Waals surface area contributed by atoms with E-state index in [9.17, 15) is 9.59 Å². The van der Waals surface area contributed by atoms with Gasteiger partial charge in [0, 0.05) is 55.4 Å². The maximum Gasteiger partial charge on any atom is 0.254 e. The van der Waals surface area contributed by atoms with Crippen molar-refractivity contribution in [1.82, 2.24) is 14.8 Å². The molecule has 4 rings (SSSR count). The third-order valence-corrected chi connectivity index (χ3v) is 5.65. The molecule has 0 bridgehead atoms. The van der Waals surface area contributed by atoms with Crippen LogP contribution in [-0.2, 0) is 11.3 Å². The summed E-state index contributed by atoms with van der Waals surface area (Å²) in [5.74, 6) is 0.0905. The summed E-state index contributed by atoms with van der Waals surface area (Å²) in [4.78, 5) is 34.2. The molecular formula is C24H25N3O2. The number of fused-ring (bicyclic) bond motifs is 1. The van der Waals surface area contributed by atoms with E-state index in [0.717, 1.165) is 22.8 Å². The van der Waals surface area contributed by atoms with Gasteiger partial charge in [0.1, 0.15) is 0 Å². The molecule has 2 amide bonds. The number of rotatable bonds is 4. The van der Waals surface area contributed by atoms with Crippen LogP contribution in [0.4, 0.5) is 0 Å². The van der Waals surface area contributed by atoms with Crippen LogP contribution in [0.2, 0.25) is 0 Å². The smallest absolute Gasteiger partial charge is 0.254 e. The van der Waals surface area contributed by atoms with Crippen molar-refractivity contribution in [1.29, 1.82) is 0 Å². The summed E-state index contributed by atoms with van der Waals surface area (Å²) in [7, 11) is 0. The van der Waals surface area contributed by atoms with Crippen LogP contribution in [0.15, 0.2) is 67.0 Å². The van der Waals surface area contributed by atoms with Crippen LogP contribution in [0.3, 0.4) is 0 Å². The Morgan fingerprint density at radius 3 is 2.72 bits per heavy atom. The number of aromatic nitrogens is 1. The number of nitrogens with zero attached hydrogens (tertiary/aromatic N) is 3. The molecule has 0 saturated carbocycles. The van der Waals surface area contributed by atoms with Crippen LogP contribution < -0.4 is 0 Å². The van der Waals surface area contributed by atoms with E-state index in [1.54, 1.807) is 12.4 Å². The minimum absolute atomic E-state index is 0.00537. The third-order valence-electron chi connectivity index (χ3n) is 5.65. The zero-order valence-electron chi connectivity index (χ0n) is 16.6. The highest BCUT2D eigenvalue weighted by atomic mass is 16.2. The van der Waals surface area contributed by atoms with E-state index < -0.39 is 0 Å². The Labute approximate surface area is 171 Å². The van der Waals surface area contributed by atoms with E-state index >= 15 is 0 Å². The molecule has 1 aliphatic rings. The van der Waals surface area contributed by atoms with Crippen LogP contribution in [0.1, 0.15) is 35.7 Å². The fourth-order valence-electron chi connectivity index (χ4n) is 4.03. The van der Waals surface area contributed by atoms with Gasteiger partial charge in [-0.15, -0.1) is 0 Å². The van der Waals surface area contributed by atoms with Gasteiger partial charge in [-0.3, -0.25) is 14.6 Å². The fourth-order valence-corrected chi connectivity index (χ4v) is 4.03.